The Morgan fingerprint density at radius 3 is 2.42 bits per heavy atom. The molecule has 0 fully saturated rings. The first-order valence-electron chi connectivity index (χ1n) is 4.90. The first-order chi connectivity index (χ1) is 5.74. The number of rotatable bonds is 6. The standard InChI is InChI=1S/C10H20O2/c1-4-7-9(5-2)8-12-10(11)6-3/h9H,4-8H2,1-3H3. The van der Waals surface area contributed by atoms with E-state index >= 15 is 0 Å². The van der Waals surface area contributed by atoms with Gasteiger partial charge < -0.3 is 4.74 Å². The second kappa shape index (κ2) is 7.14. The van der Waals surface area contributed by atoms with E-state index in [1.165, 1.54) is 6.42 Å². The molecule has 0 radical (unpaired) electrons. The summed E-state index contributed by atoms with van der Waals surface area (Å²) in [6.45, 7) is 6.73. The lowest BCUT2D eigenvalue weighted by molar-refractivity contribution is -0.144. The molecule has 72 valence electrons. The fourth-order valence-corrected chi connectivity index (χ4v) is 1.13. The largest absolute Gasteiger partial charge is 0.465 e. The molecular weight excluding hydrogens is 152 g/mol. The molecule has 0 amide bonds. The van der Waals surface area contributed by atoms with Gasteiger partial charge in [0.15, 0.2) is 0 Å². The van der Waals surface area contributed by atoms with Crippen LogP contribution in [0, 0.1) is 5.92 Å². The molecule has 0 heterocycles. The first kappa shape index (κ1) is 11.5. The highest BCUT2D eigenvalue weighted by molar-refractivity contribution is 5.68. The Morgan fingerprint density at radius 2 is 2.00 bits per heavy atom. The second-order valence-corrected chi connectivity index (χ2v) is 3.10. The van der Waals surface area contributed by atoms with Gasteiger partial charge in [-0.1, -0.05) is 33.6 Å². The SMILES string of the molecule is CCCC(CC)COC(=O)CC. The fourth-order valence-electron chi connectivity index (χ4n) is 1.13. The minimum Gasteiger partial charge on any atom is -0.465 e. The quantitative estimate of drug-likeness (QED) is 0.576. The van der Waals surface area contributed by atoms with Crippen LogP contribution in [0.15, 0.2) is 0 Å². The van der Waals surface area contributed by atoms with Crippen molar-refractivity contribution < 1.29 is 9.53 Å². The molecule has 12 heavy (non-hydrogen) atoms. The predicted molar refractivity (Wildman–Crippen MR) is 49.9 cm³/mol. The third-order valence-electron chi connectivity index (χ3n) is 2.04. The van der Waals surface area contributed by atoms with Gasteiger partial charge in [0.1, 0.15) is 0 Å². The zero-order valence-corrected chi connectivity index (χ0v) is 8.43. The second-order valence-electron chi connectivity index (χ2n) is 3.10. The van der Waals surface area contributed by atoms with Crippen molar-refractivity contribution in [1.82, 2.24) is 0 Å². The van der Waals surface area contributed by atoms with E-state index in [1.54, 1.807) is 0 Å². The highest BCUT2D eigenvalue weighted by Gasteiger charge is 2.07. The van der Waals surface area contributed by atoms with Crippen LogP contribution in [0.25, 0.3) is 0 Å². The Morgan fingerprint density at radius 1 is 1.33 bits per heavy atom. The molecule has 0 rings (SSSR count). The predicted octanol–water partition coefficient (Wildman–Crippen LogP) is 2.77. The summed E-state index contributed by atoms with van der Waals surface area (Å²) in [5, 5.41) is 0. The summed E-state index contributed by atoms with van der Waals surface area (Å²) in [6.07, 6.45) is 3.92. The molecule has 0 aromatic heterocycles. The first-order valence-corrected chi connectivity index (χ1v) is 4.90. The topological polar surface area (TPSA) is 26.3 Å². The zero-order valence-electron chi connectivity index (χ0n) is 8.43. The Kier molecular flexibility index (Phi) is 6.82. The van der Waals surface area contributed by atoms with Gasteiger partial charge in [-0.05, 0) is 12.3 Å². The van der Waals surface area contributed by atoms with Gasteiger partial charge in [-0.3, -0.25) is 4.79 Å². The van der Waals surface area contributed by atoms with Crippen LogP contribution in [-0.4, -0.2) is 12.6 Å². The Bertz CT molecular complexity index is 121. The molecule has 0 aromatic carbocycles. The van der Waals surface area contributed by atoms with E-state index in [0.717, 1.165) is 12.8 Å². The molecule has 0 saturated carbocycles. The molecule has 0 aliphatic carbocycles. The maximum Gasteiger partial charge on any atom is 0.305 e. The summed E-state index contributed by atoms with van der Waals surface area (Å²) in [4.78, 5) is 10.8. The molecule has 0 saturated heterocycles. The summed E-state index contributed by atoms with van der Waals surface area (Å²) in [7, 11) is 0. The van der Waals surface area contributed by atoms with Gasteiger partial charge in [0.25, 0.3) is 0 Å². The van der Waals surface area contributed by atoms with Crippen molar-refractivity contribution in [1.29, 1.82) is 0 Å². The molecule has 1 unspecified atom stereocenters. The summed E-state index contributed by atoms with van der Waals surface area (Å²) < 4.78 is 5.06. The van der Waals surface area contributed by atoms with Gasteiger partial charge in [0.2, 0.25) is 0 Å². The molecular formula is C10H20O2. The van der Waals surface area contributed by atoms with E-state index in [0.29, 0.717) is 18.9 Å². The van der Waals surface area contributed by atoms with Gasteiger partial charge in [-0.25, -0.2) is 0 Å². The smallest absolute Gasteiger partial charge is 0.305 e. The Hall–Kier alpha value is -0.530. The number of hydrogen-bond donors (Lipinski definition) is 0. The Balaban J connectivity index is 3.50. The molecule has 2 heteroatoms. The number of carbonyl (C=O) groups is 1. The highest BCUT2D eigenvalue weighted by Crippen LogP contribution is 2.10. The van der Waals surface area contributed by atoms with Crippen LogP contribution < -0.4 is 0 Å². The number of ether oxygens (including phenoxy) is 1. The number of hydrogen-bond acceptors (Lipinski definition) is 2. The molecule has 0 aliphatic heterocycles. The van der Waals surface area contributed by atoms with Gasteiger partial charge in [-0.15, -0.1) is 0 Å². The lowest BCUT2D eigenvalue weighted by Crippen LogP contribution is -2.12. The summed E-state index contributed by atoms with van der Waals surface area (Å²) >= 11 is 0. The third kappa shape index (κ3) is 5.16. The van der Waals surface area contributed by atoms with Crippen LogP contribution in [0.5, 0.6) is 0 Å². The van der Waals surface area contributed by atoms with Crippen molar-refractivity contribution in [2.75, 3.05) is 6.61 Å². The molecule has 1 atom stereocenters. The minimum atomic E-state index is -0.0791. The zero-order chi connectivity index (χ0) is 9.40. The van der Waals surface area contributed by atoms with Crippen molar-refractivity contribution in [3.8, 4) is 0 Å². The van der Waals surface area contributed by atoms with Gasteiger partial charge >= 0.3 is 5.97 Å². The van der Waals surface area contributed by atoms with Crippen LogP contribution in [0.2, 0.25) is 0 Å². The average Bonchev–Trinajstić information content (AvgIpc) is 2.11. The summed E-state index contributed by atoms with van der Waals surface area (Å²) in [6, 6.07) is 0. The molecule has 0 bridgehead atoms. The lowest BCUT2D eigenvalue weighted by Gasteiger charge is -2.13. The van der Waals surface area contributed by atoms with Gasteiger partial charge in [0, 0.05) is 6.42 Å². The highest BCUT2D eigenvalue weighted by atomic mass is 16.5. The van der Waals surface area contributed by atoms with Crippen molar-refractivity contribution in [2.24, 2.45) is 5.92 Å². The Labute approximate surface area is 75.3 Å². The van der Waals surface area contributed by atoms with Crippen LogP contribution in [0.3, 0.4) is 0 Å². The number of esters is 1. The normalized spacial score (nSPS) is 12.6. The van der Waals surface area contributed by atoms with E-state index in [1.807, 2.05) is 6.92 Å². The van der Waals surface area contributed by atoms with Gasteiger partial charge in [-0.2, -0.15) is 0 Å². The molecule has 0 aliphatic rings. The van der Waals surface area contributed by atoms with E-state index in [9.17, 15) is 4.79 Å². The number of carbonyl (C=O) groups excluding carboxylic acids is 1. The van der Waals surface area contributed by atoms with Crippen LogP contribution >= 0.6 is 0 Å². The van der Waals surface area contributed by atoms with E-state index in [2.05, 4.69) is 13.8 Å². The van der Waals surface area contributed by atoms with Crippen LogP contribution in [0.4, 0.5) is 0 Å². The van der Waals surface area contributed by atoms with E-state index in [4.69, 9.17) is 4.74 Å². The minimum absolute atomic E-state index is 0.0791. The van der Waals surface area contributed by atoms with E-state index in [-0.39, 0.29) is 5.97 Å². The molecule has 0 aromatic rings. The lowest BCUT2D eigenvalue weighted by atomic mass is 10.0. The molecule has 0 spiro atoms. The molecule has 0 N–H and O–H groups in total. The maximum absolute atomic E-state index is 10.8. The van der Waals surface area contributed by atoms with Crippen molar-refractivity contribution in [2.45, 2.75) is 46.5 Å². The summed E-state index contributed by atoms with van der Waals surface area (Å²) in [5.41, 5.74) is 0. The monoisotopic (exact) mass is 172 g/mol. The average molecular weight is 172 g/mol. The van der Waals surface area contributed by atoms with E-state index < -0.39 is 0 Å². The third-order valence-corrected chi connectivity index (χ3v) is 2.04. The van der Waals surface area contributed by atoms with Crippen LogP contribution in [-0.2, 0) is 9.53 Å². The maximum atomic E-state index is 10.8. The molecule has 2 nitrogen and oxygen atoms in total. The van der Waals surface area contributed by atoms with Crippen molar-refractivity contribution >= 4 is 5.97 Å². The van der Waals surface area contributed by atoms with Crippen molar-refractivity contribution in [3.05, 3.63) is 0 Å². The van der Waals surface area contributed by atoms with Gasteiger partial charge in [0.05, 0.1) is 6.61 Å². The van der Waals surface area contributed by atoms with Crippen LogP contribution in [0.1, 0.15) is 46.5 Å². The summed E-state index contributed by atoms with van der Waals surface area (Å²) in [5.74, 6) is 0.482. The van der Waals surface area contributed by atoms with Crippen molar-refractivity contribution in [3.63, 3.8) is 0 Å². The fraction of sp³-hybridized carbons (Fsp3) is 0.900.